The number of halogens is 3. The fraction of sp³-hybridized carbons (Fsp3) is 0.455. The Morgan fingerprint density at radius 1 is 1.20 bits per heavy atom. The largest absolute Gasteiger partial charge is 0.493 e. The monoisotopic (exact) mass is 422 g/mol. The zero-order valence-corrected chi connectivity index (χ0v) is 17.2. The van der Waals surface area contributed by atoms with Gasteiger partial charge in [0.1, 0.15) is 11.5 Å². The van der Waals surface area contributed by atoms with Crippen LogP contribution < -0.4 is 4.74 Å². The van der Waals surface area contributed by atoms with Crippen LogP contribution in [0.2, 0.25) is 0 Å². The molecule has 5 nitrogen and oxygen atoms in total. The van der Waals surface area contributed by atoms with E-state index in [1.807, 2.05) is 19.1 Å². The summed E-state index contributed by atoms with van der Waals surface area (Å²) in [5, 5.41) is 0. The van der Waals surface area contributed by atoms with E-state index in [1.54, 1.807) is 38.1 Å². The Balaban J connectivity index is 1.70. The molecule has 2 unspecified atom stereocenters. The predicted octanol–water partition coefficient (Wildman–Crippen LogP) is 5.08. The van der Waals surface area contributed by atoms with Crippen molar-refractivity contribution < 1.29 is 27.1 Å². The van der Waals surface area contributed by atoms with Crippen LogP contribution in [-0.2, 0) is 11.2 Å². The maximum absolute atomic E-state index is 13.2. The highest BCUT2D eigenvalue weighted by Gasteiger charge is 2.46. The highest BCUT2D eigenvalue weighted by molar-refractivity contribution is 5.82. The molecule has 1 aliphatic heterocycles. The number of amides is 1. The summed E-state index contributed by atoms with van der Waals surface area (Å²) in [7, 11) is 0. The van der Waals surface area contributed by atoms with Gasteiger partial charge in [-0.15, -0.1) is 0 Å². The molecule has 0 N–H and O–H groups in total. The van der Waals surface area contributed by atoms with Crippen molar-refractivity contribution in [3.05, 3.63) is 59.3 Å². The van der Waals surface area contributed by atoms with Crippen molar-refractivity contribution in [1.82, 2.24) is 9.88 Å². The van der Waals surface area contributed by atoms with Crippen molar-refractivity contribution in [3.63, 3.8) is 0 Å². The molecule has 1 amide bonds. The van der Waals surface area contributed by atoms with Crippen LogP contribution in [0.1, 0.15) is 48.7 Å². The summed E-state index contributed by atoms with van der Waals surface area (Å²) >= 11 is 0. The summed E-state index contributed by atoms with van der Waals surface area (Å²) < 4.78 is 50.6. The summed E-state index contributed by atoms with van der Waals surface area (Å²) in [4.78, 5) is 17.3. The average Bonchev–Trinajstić information content (AvgIpc) is 2.88. The van der Waals surface area contributed by atoms with Crippen molar-refractivity contribution >= 4 is 5.91 Å². The van der Waals surface area contributed by atoms with Gasteiger partial charge in [0, 0.05) is 19.4 Å². The highest BCUT2D eigenvalue weighted by Crippen LogP contribution is 2.35. The summed E-state index contributed by atoms with van der Waals surface area (Å²) in [6.45, 7) is 5.66. The quantitative estimate of drug-likeness (QED) is 0.631. The van der Waals surface area contributed by atoms with E-state index in [0.29, 0.717) is 43.1 Å². The van der Waals surface area contributed by atoms with Crippen LogP contribution in [0.15, 0.2) is 40.8 Å². The average molecular weight is 422 g/mol. The van der Waals surface area contributed by atoms with Crippen molar-refractivity contribution in [2.75, 3.05) is 6.61 Å². The lowest BCUT2D eigenvalue weighted by Crippen LogP contribution is -2.47. The van der Waals surface area contributed by atoms with E-state index >= 15 is 0 Å². The molecule has 2 aromatic rings. The van der Waals surface area contributed by atoms with Crippen LogP contribution in [0, 0.1) is 13.8 Å². The van der Waals surface area contributed by atoms with Crippen molar-refractivity contribution in [3.8, 4) is 5.75 Å². The van der Waals surface area contributed by atoms with E-state index in [4.69, 9.17) is 9.15 Å². The lowest BCUT2D eigenvalue weighted by molar-refractivity contribution is -0.190. The minimum Gasteiger partial charge on any atom is -0.493 e. The first-order chi connectivity index (χ1) is 14.2. The Hall–Kier alpha value is -2.77. The summed E-state index contributed by atoms with van der Waals surface area (Å²) in [6.07, 6.45) is 0.0582. The van der Waals surface area contributed by atoms with Crippen molar-refractivity contribution in [2.45, 2.75) is 58.3 Å². The number of nitrogens with zero attached hydrogens (tertiary/aromatic N) is 2. The first kappa shape index (κ1) is 21.9. The molecule has 0 spiro atoms. The molecule has 30 heavy (non-hydrogen) atoms. The Morgan fingerprint density at radius 2 is 1.87 bits per heavy atom. The molecule has 0 radical (unpaired) electrons. The van der Waals surface area contributed by atoms with Gasteiger partial charge in [0.2, 0.25) is 0 Å². The molecule has 0 fully saturated rings. The van der Waals surface area contributed by atoms with Crippen LogP contribution in [-0.4, -0.2) is 34.6 Å². The van der Waals surface area contributed by atoms with E-state index in [0.717, 1.165) is 16.4 Å². The van der Waals surface area contributed by atoms with E-state index in [1.165, 1.54) is 0 Å². The van der Waals surface area contributed by atoms with E-state index in [-0.39, 0.29) is 0 Å². The molecule has 0 saturated heterocycles. The normalized spacial score (nSPS) is 19.6. The second-order valence-corrected chi connectivity index (χ2v) is 7.42. The Labute approximate surface area is 173 Å². The summed E-state index contributed by atoms with van der Waals surface area (Å²) in [5.74, 6) is 0.165. The summed E-state index contributed by atoms with van der Waals surface area (Å²) in [5.41, 5.74) is 1.48. The van der Waals surface area contributed by atoms with Gasteiger partial charge in [-0.05, 0) is 44.4 Å². The number of aromatic nitrogens is 1. The SMILES string of the molecule is Cc1nc(CCOc2ccc(C3CC=CCC(C)N3C(=O)C(F)(F)F)cc2)c(C)o1. The van der Waals surface area contributed by atoms with Crippen molar-refractivity contribution in [1.29, 1.82) is 0 Å². The van der Waals surface area contributed by atoms with E-state index in [2.05, 4.69) is 4.98 Å². The maximum Gasteiger partial charge on any atom is 0.471 e. The Kier molecular flexibility index (Phi) is 6.53. The van der Waals surface area contributed by atoms with Crippen LogP contribution in [0.5, 0.6) is 5.75 Å². The molecule has 2 atom stereocenters. The van der Waals surface area contributed by atoms with Gasteiger partial charge >= 0.3 is 12.1 Å². The highest BCUT2D eigenvalue weighted by atomic mass is 19.4. The predicted molar refractivity (Wildman–Crippen MR) is 105 cm³/mol. The van der Waals surface area contributed by atoms with Crippen LogP contribution in [0.3, 0.4) is 0 Å². The number of hydrogen-bond acceptors (Lipinski definition) is 4. The molecule has 0 aliphatic carbocycles. The van der Waals surface area contributed by atoms with Gasteiger partial charge in [-0.3, -0.25) is 4.79 Å². The second-order valence-electron chi connectivity index (χ2n) is 7.42. The van der Waals surface area contributed by atoms with Gasteiger partial charge in [0.05, 0.1) is 18.3 Å². The first-order valence-electron chi connectivity index (χ1n) is 9.87. The molecule has 1 aliphatic rings. The number of benzene rings is 1. The fourth-order valence-corrected chi connectivity index (χ4v) is 3.69. The Morgan fingerprint density at radius 3 is 2.47 bits per heavy atom. The molecular formula is C22H25F3N2O3. The third kappa shape index (κ3) is 5.04. The number of oxazole rings is 1. The van der Waals surface area contributed by atoms with Crippen molar-refractivity contribution in [2.24, 2.45) is 0 Å². The number of ether oxygens (including phenoxy) is 1. The van der Waals surface area contributed by atoms with Gasteiger partial charge < -0.3 is 14.1 Å². The fourth-order valence-electron chi connectivity index (χ4n) is 3.69. The molecule has 8 heteroatoms. The molecule has 162 valence electrons. The van der Waals surface area contributed by atoms with Gasteiger partial charge in [-0.1, -0.05) is 24.3 Å². The minimum absolute atomic E-state index is 0.331. The number of carbonyl (C=O) groups is 1. The Bertz CT molecular complexity index is 903. The van der Waals surface area contributed by atoms with Crippen LogP contribution >= 0.6 is 0 Å². The third-order valence-electron chi connectivity index (χ3n) is 5.16. The number of aryl methyl sites for hydroxylation is 2. The number of hydrogen-bond donors (Lipinski definition) is 0. The van der Waals surface area contributed by atoms with Crippen LogP contribution in [0.4, 0.5) is 13.2 Å². The number of alkyl halides is 3. The smallest absolute Gasteiger partial charge is 0.471 e. The van der Waals surface area contributed by atoms with Gasteiger partial charge in [-0.25, -0.2) is 4.98 Å². The maximum atomic E-state index is 13.2. The lowest BCUT2D eigenvalue weighted by atomic mass is 10.0. The third-order valence-corrected chi connectivity index (χ3v) is 5.16. The second kappa shape index (κ2) is 8.93. The summed E-state index contributed by atoms with van der Waals surface area (Å²) in [6, 6.07) is 5.63. The molecule has 1 aromatic heterocycles. The number of carbonyl (C=O) groups excluding carboxylic acids is 1. The zero-order chi connectivity index (χ0) is 21.9. The zero-order valence-electron chi connectivity index (χ0n) is 17.2. The lowest BCUT2D eigenvalue weighted by Gasteiger charge is -2.35. The number of rotatable bonds is 5. The molecule has 1 aromatic carbocycles. The molecule has 3 rings (SSSR count). The van der Waals surface area contributed by atoms with E-state index in [9.17, 15) is 18.0 Å². The topological polar surface area (TPSA) is 55.6 Å². The molecule has 0 bridgehead atoms. The van der Waals surface area contributed by atoms with Crippen LogP contribution in [0.25, 0.3) is 0 Å². The molecule has 2 heterocycles. The molecular weight excluding hydrogens is 397 g/mol. The van der Waals surface area contributed by atoms with E-state index < -0.39 is 24.2 Å². The van der Waals surface area contributed by atoms with Gasteiger partial charge in [0.25, 0.3) is 0 Å². The standard InChI is InChI=1S/C22H25F3N2O3/c1-14-6-4-5-7-20(27(14)21(28)22(23,24)25)17-8-10-18(11-9-17)29-13-12-19-15(2)30-16(3)26-19/h4-5,8-11,14,20H,6-7,12-13H2,1-3H3. The van der Waals surface area contributed by atoms with Gasteiger partial charge in [0.15, 0.2) is 5.89 Å². The molecule has 0 saturated carbocycles. The minimum atomic E-state index is -4.91. The van der Waals surface area contributed by atoms with Gasteiger partial charge in [-0.2, -0.15) is 13.2 Å². The first-order valence-corrected chi connectivity index (χ1v) is 9.87.